The highest BCUT2D eigenvalue weighted by Gasteiger charge is 2.13. The molecule has 1 heterocycles. The lowest BCUT2D eigenvalue weighted by Crippen LogP contribution is -2.27. The summed E-state index contributed by atoms with van der Waals surface area (Å²) < 4.78 is 13.0. The molecule has 0 saturated heterocycles. The molecular formula is C19H16ClFN2OS. The summed E-state index contributed by atoms with van der Waals surface area (Å²) in [6.07, 6.45) is 0.231. The second kappa shape index (κ2) is 7.76. The molecule has 0 atom stereocenters. The molecule has 0 aliphatic carbocycles. The van der Waals surface area contributed by atoms with Crippen molar-refractivity contribution in [2.45, 2.75) is 13.0 Å². The molecule has 0 N–H and O–H groups in total. The lowest BCUT2D eigenvalue weighted by Gasteiger charge is -2.16. The van der Waals surface area contributed by atoms with Crippen LogP contribution in [0.1, 0.15) is 11.3 Å². The smallest absolute Gasteiger partial charge is 0.228 e. The molecule has 25 heavy (non-hydrogen) atoms. The van der Waals surface area contributed by atoms with Gasteiger partial charge in [0.2, 0.25) is 5.91 Å². The van der Waals surface area contributed by atoms with Crippen molar-refractivity contribution in [1.82, 2.24) is 9.88 Å². The van der Waals surface area contributed by atoms with Gasteiger partial charge in [-0.05, 0) is 42.0 Å². The van der Waals surface area contributed by atoms with Gasteiger partial charge in [0.25, 0.3) is 0 Å². The summed E-state index contributed by atoms with van der Waals surface area (Å²) in [5, 5.41) is 3.30. The molecule has 3 nitrogen and oxygen atoms in total. The van der Waals surface area contributed by atoms with Crippen LogP contribution in [0.5, 0.6) is 0 Å². The van der Waals surface area contributed by atoms with Gasteiger partial charge in [0.15, 0.2) is 0 Å². The fraction of sp³-hybridized carbons (Fsp3) is 0.158. The second-order valence-electron chi connectivity index (χ2n) is 5.71. The van der Waals surface area contributed by atoms with Crippen molar-refractivity contribution in [3.63, 3.8) is 0 Å². The number of amides is 1. The van der Waals surface area contributed by atoms with Crippen LogP contribution in [0.25, 0.3) is 10.6 Å². The van der Waals surface area contributed by atoms with Crippen LogP contribution in [0.3, 0.4) is 0 Å². The Hall–Kier alpha value is -2.24. The van der Waals surface area contributed by atoms with E-state index in [1.54, 1.807) is 30.1 Å². The number of nitrogens with zero attached hydrogens (tertiary/aromatic N) is 2. The summed E-state index contributed by atoms with van der Waals surface area (Å²) >= 11 is 7.42. The summed E-state index contributed by atoms with van der Waals surface area (Å²) in [4.78, 5) is 18.5. The first kappa shape index (κ1) is 17.6. The number of aromatic nitrogens is 1. The minimum Gasteiger partial charge on any atom is -0.341 e. The fourth-order valence-electron chi connectivity index (χ4n) is 2.40. The Kier molecular flexibility index (Phi) is 5.46. The van der Waals surface area contributed by atoms with Gasteiger partial charge >= 0.3 is 0 Å². The lowest BCUT2D eigenvalue weighted by molar-refractivity contribution is -0.129. The van der Waals surface area contributed by atoms with Crippen LogP contribution in [-0.4, -0.2) is 22.8 Å². The van der Waals surface area contributed by atoms with Gasteiger partial charge in [0, 0.05) is 29.6 Å². The van der Waals surface area contributed by atoms with E-state index in [9.17, 15) is 9.18 Å². The van der Waals surface area contributed by atoms with E-state index in [-0.39, 0.29) is 18.1 Å². The van der Waals surface area contributed by atoms with E-state index in [0.717, 1.165) is 16.1 Å². The van der Waals surface area contributed by atoms with E-state index >= 15 is 0 Å². The number of hydrogen-bond acceptors (Lipinski definition) is 3. The molecule has 1 aromatic heterocycles. The highest BCUT2D eigenvalue weighted by molar-refractivity contribution is 7.13. The second-order valence-corrected chi connectivity index (χ2v) is 7.00. The molecule has 128 valence electrons. The SMILES string of the molecule is CN(Cc1cccc(Cl)c1)C(=O)Cc1csc(-c2ccc(F)cc2)n1. The summed E-state index contributed by atoms with van der Waals surface area (Å²) in [7, 11) is 1.76. The topological polar surface area (TPSA) is 33.2 Å². The number of benzene rings is 2. The zero-order valence-corrected chi connectivity index (χ0v) is 15.1. The van der Waals surface area contributed by atoms with Crippen LogP contribution < -0.4 is 0 Å². The summed E-state index contributed by atoms with van der Waals surface area (Å²) in [5.41, 5.74) is 2.54. The number of hydrogen-bond donors (Lipinski definition) is 0. The average Bonchev–Trinajstić information content (AvgIpc) is 3.04. The number of rotatable bonds is 5. The number of carbonyl (C=O) groups is 1. The van der Waals surface area contributed by atoms with Crippen molar-refractivity contribution in [3.8, 4) is 10.6 Å². The van der Waals surface area contributed by atoms with Crippen LogP contribution >= 0.6 is 22.9 Å². The highest BCUT2D eigenvalue weighted by atomic mass is 35.5. The van der Waals surface area contributed by atoms with Crippen molar-refractivity contribution in [2.24, 2.45) is 0 Å². The van der Waals surface area contributed by atoms with Gasteiger partial charge < -0.3 is 4.90 Å². The molecule has 0 aliphatic rings. The molecule has 0 saturated carbocycles. The zero-order valence-electron chi connectivity index (χ0n) is 13.6. The first-order chi connectivity index (χ1) is 12.0. The molecular weight excluding hydrogens is 359 g/mol. The van der Waals surface area contributed by atoms with Crippen molar-refractivity contribution in [2.75, 3.05) is 7.05 Å². The van der Waals surface area contributed by atoms with Crippen molar-refractivity contribution < 1.29 is 9.18 Å². The quantitative estimate of drug-likeness (QED) is 0.642. The zero-order chi connectivity index (χ0) is 17.8. The van der Waals surface area contributed by atoms with Crippen molar-refractivity contribution in [3.05, 3.63) is 76.0 Å². The number of halogens is 2. The van der Waals surface area contributed by atoms with Gasteiger partial charge in [-0.15, -0.1) is 11.3 Å². The Labute approximate surface area is 154 Å². The van der Waals surface area contributed by atoms with Gasteiger partial charge in [0.1, 0.15) is 10.8 Å². The van der Waals surface area contributed by atoms with Gasteiger partial charge in [-0.1, -0.05) is 23.7 Å². The minimum absolute atomic E-state index is 0.0177. The maximum absolute atomic E-state index is 13.0. The molecule has 2 aromatic carbocycles. The fourth-order valence-corrected chi connectivity index (χ4v) is 3.44. The molecule has 3 rings (SSSR count). The summed E-state index contributed by atoms with van der Waals surface area (Å²) in [5.74, 6) is -0.297. The van der Waals surface area contributed by atoms with Crippen LogP contribution in [0, 0.1) is 5.82 Å². The molecule has 0 bridgehead atoms. The highest BCUT2D eigenvalue weighted by Crippen LogP contribution is 2.24. The van der Waals surface area contributed by atoms with Crippen LogP contribution in [0.4, 0.5) is 4.39 Å². The molecule has 0 aliphatic heterocycles. The normalized spacial score (nSPS) is 10.7. The minimum atomic E-state index is -0.279. The van der Waals surface area contributed by atoms with Crippen molar-refractivity contribution >= 4 is 28.8 Å². The van der Waals surface area contributed by atoms with Crippen molar-refractivity contribution in [1.29, 1.82) is 0 Å². The monoisotopic (exact) mass is 374 g/mol. The van der Waals surface area contributed by atoms with E-state index in [2.05, 4.69) is 4.98 Å². The van der Waals surface area contributed by atoms with E-state index < -0.39 is 0 Å². The third-order valence-electron chi connectivity index (χ3n) is 3.71. The first-order valence-electron chi connectivity index (χ1n) is 7.70. The predicted octanol–water partition coefficient (Wildman–Crippen LogP) is 4.80. The largest absolute Gasteiger partial charge is 0.341 e. The number of thiazole rings is 1. The maximum Gasteiger partial charge on any atom is 0.228 e. The van der Waals surface area contributed by atoms with Gasteiger partial charge in [-0.25, -0.2) is 9.37 Å². The number of likely N-dealkylation sites (N-methyl/N-ethyl adjacent to an activating group) is 1. The first-order valence-corrected chi connectivity index (χ1v) is 8.96. The summed E-state index contributed by atoms with van der Waals surface area (Å²) in [6, 6.07) is 13.6. The molecule has 0 unspecified atom stereocenters. The Morgan fingerprint density at radius 3 is 2.72 bits per heavy atom. The molecule has 6 heteroatoms. The Morgan fingerprint density at radius 2 is 2.00 bits per heavy atom. The van der Waals surface area contributed by atoms with E-state index in [1.165, 1.54) is 23.5 Å². The lowest BCUT2D eigenvalue weighted by atomic mass is 10.2. The van der Waals surface area contributed by atoms with Crippen LogP contribution in [0.15, 0.2) is 53.9 Å². The van der Waals surface area contributed by atoms with Gasteiger partial charge in [-0.2, -0.15) is 0 Å². The maximum atomic E-state index is 13.0. The third kappa shape index (κ3) is 4.65. The van der Waals surface area contributed by atoms with Crippen LogP contribution in [0.2, 0.25) is 5.02 Å². The van der Waals surface area contributed by atoms with Crippen LogP contribution in [-0.2, 0) is 17.8 Å². The van der Waals surface area contributed by atoms with E-state index in [1.807, 2.05) is 23.6 Å². The van der Waals surface area contributed by atoms with E-state index in [4.69, 9.17) is 11.6 Å². The van der Waals surface area contributed by atoms with E-state index in [0.29, 0.717) is 17.3 Å². The Balaban J connectivity index is 1.64. The third-order valence-corrected chi connectivity index (χ3v) is 4.89. The molecule has 0 radical (unpaired) electrons. The van der Waals surface area contributed by atoms with Gasteiger partial charge in [0.05, 0.1) is 12.1 Å². The Bertz CT molecular complexity index is 879. The Morgan fingerprint density at radius 1 is 1.24 bits per heavy atom. The molecule has 0 fully saturated rings. The standard InChI is InChI=1S/C19H16ClFN2OS/c1-23(11-13-3-2-4-15(20)9-13)18(24)10-17-12-25-19(22-17)14-5-7-16(21)8-6-14/h2-9,12H,10-11H2,1H3. The summed E-state index contributed by atoms with van der Waals surface area (Å²) in [6.45, 7) is 0.494. The van der Waals surface area contributed by atoms with Gasteiger partial charge in [-0.3, -0.25) is 4.79 Å². The average molecular weight is 375 g/mol. The molecule has 1 amide bonds. The molecule has 3 aromatic rings. The molecule has 0 spiro atoms. The predicted molar refractivity (Wildman–Crippen MR) is 99.1 cm³/mol. The number of carbonyl (C=O) groups excluding carboxylic acids is 1.